The molecule has 2 aromatic carbocycles. The predicted octanol–water partition coefficient (Wildman–Crippen LogP) is 5.08. The van der Waals surface area contributed by atoms with E-state index in [-0.39, 0.29) is 0 Å². The molecule has 1 atom stereocenters. The molecule has 6 heteroatoms. The number of rotatable bonds is 6. The van der Waals surface area contributed by atoms with E-state index in [0.29, 0.717) is 5.02 Å². The third-order valence-electron chi connectivity index (χ3n) is 3.55. The molecule has 0 saturated heterocycles. The maximum atomic E-state index is 12.5. The van der Waals surface area contributed by atoms with E-state index in [9.17, 15) is 8.42 Å². The standard InChI is InChI=1S/C19H16ClNO2S2/c20-17-10-8-15(9-11-17)12-14-25(22,23)21-19(18-7-4-13-24-18)16-5-2-1-3-6-16/h1-14,19,21H/b14-12+/t19-/m1/s1. The van der Waals surface area contributed by atoms with Gasteiger partial charge >= 0.3 is 0 Å². The third kappa shape index (κ3) is 5.03. The second-order valence-corrected chi connectivity index (χ2v) is 8.39. The zero-order chi connectivity index (χ0) is 17.7. The number of thiophene rings is 1. The monoisotopic (exact) mass is 389 g/mol. The van der Waals surface area contributed by atoms with Gasteiger partial charge in [-0.2, -0.15) is 4.72 Å². The van der Waals surface area contributed by atoms with Crippen LogP contribution in [-0.2, 0) is 10.0 Å². The Bertz CT molecular complexity index is 935. The quantitative estimate of drug-likeness (QED) is 0.638. The first-order valence-electron chi connectivity index (χ1n) is 7.58. The van der Waals surface area contributed by atoms with Crippen molar-refractivity contribution in [3.05, 3.63) is 98.5 Å². The first kappa shape index (κ1) is 17.9. The minimum atomic E-state index is -3.62. The Morgan fingerprint density at radius 3 is 2.32 bits per heavy atom. The van der Waals surface area contributed by atoms with E-state index in [0.717, 1.165) is 16.0 Å². The molecule has 25 heavy (non-hydrogen) atoms. The summed E-state index contributed by atoms with van der Waals surface area (Å²) < 4.78 is 27.8. The molecule has 0 radical (unpaired) electrons. The Kier molecular flexibility index (Phi) is 5.71. The molecule has 1 N–H and O–H groups in total. The fourth-order valence-electron chi connectivity index (χ4n) is 2.34. The molecule has 0 saturated carbocycles. The first-order chi connectivity index (χ1) is 12.0. The molecule has 1 aromatic heterocycles. The first-order valence-corrected chi connectivity index (χ1v) is 10.4. The summed E-state index contributed by atoms with van der Waals surface area (Å²) in [6.45, 7) is 0. The molecule has 0 bridgehead atoms. The topological polar surface area (TPSA) is 46.2 Å². The molecule has 128 valence electrons. The van der Waals surface area contributed by atoms with Crippen molar-refractivity contribution < 1.29 is 8.42 Å². The van der Waals surface area contributed by atoms with Gasteiger partial charge in [-0.25, -0.2) is 8.42 Å². The summed E-state index contributed by atoms with van der Waals surface area (Å²) in [6, 6.07) is 19.9. The lowest BCUT2D eigenvalue weighted by Gasteiger charge is -2.16. The van der Waals surface area contributed by atoms with Crippen LogP contribution in [0.3, 0.4) is 0 Å². The zero-order valence-corrected chi connectivity index (χ0v) is 15.6. The molecule has 3 rings (SSSR count). The smallest absolute Gasteiger partial charge is 0.208 e. The van der Waals surface area contributed by atoms with E-state index in [4.69, 9.17) is 11.6 Å². The second-order valence-electron chi connectivity index (χ2n) is 5.38. The molecule has 0 fully saturated rings. The molecule has 3 nitrogen and oxygen atoms in total. The lowest BCUT2D eigenvalue weighted by molar-refractivity contribution is 0.583. The van der Waals surface area contributed by atoms with E-state index in [1.54, 1.807) is 30.3 Å². The molecule has 1 heterocycles. The molecule has 0 unspecified atom stereocenters. The minimum Gasteiger partial charge on any atom is -0.208 e. The summed E-state index contributed by atoms with van der Waals surface area (Å²) in [6.07, 6.45) is 1.55. The normalized spacial score (nSPS) is 13.2. The highest BCUT2D eigenvalue weighted by Crippen LogP contribution is 2.27. The van der Waals surface area contributed by atoms with E-state index < -0.39 is 16.1 Å². The van der Waals surface area contributed by atoms with Gasteiger partial charge in [0.25, 0.3) is 0 Å². The van der Waals surface area contributed by atoms with Gasteiger partial charge in [-0.1, -0.05) is 60.1 Å². The van der Waals surface area contributed by atoms with Crippen LogP contribution in [0.5, 0.6) is 0 Å². The average Bonchev–Trinajstić information content (AvgIpc) is 3.14. The van der Waals surface area contributed by atoms with Crippen molar-refractivity contribution in [2.24, 2.45) is 0 Å². The van der Waals surface area contributed by atoms with Crippen molar-refractivity contribution in [3.63, 3.8) is 0 Å². The number of nitrogens with one attached hydrogen (secondary N) is 1. The van der Waals surface area contributed by atoms with Gasteiger partial charge in [-0.3, -0.25) is 0 Å². The van der Waals surface area contributed by atoms with E-state index in [2.05, 4.69) is 4.72 Å². The van der Waals surface area contributed by atoms with Crippen molar-refractivity contribution in [2.75, 3.05) is 0 Å². The third-order valence-corrected chi connectivity index (χ3v) is 5.80. The maximum Gasteiger partial charge on any atom is 0.234 e. The van der Waals surface area contributed by atoms with Crippen LogP contribution in [0.25, 0.3) is 6.08 Å². The highest BCUT2D eigenvalue weighted by Gasteiger charge is 2.20. The molecule has 0 amide bonds. The van der Waals surface area contributed by atoms with Gasteiger partial charge in [0.15, 0.2) is 0 Å². The summed E-state index contributed by atoms with van der Waals surface area (Å²) in [7, 11) is -3.62. The van der Waals surface area contributed by atoms with Gasteiger partial charge < -0.3 is 0 Å². The van der Waals surface area contributed by atoms with Gasteiger partial charge in [0.2, 0.25) is 10.0 Å². The molecule has 0 aliphatic rings. The van der Waals surface area contributed by atoms with Crippen LogP contribution in [0.4, 0.5) is 0 Å². The maximum absolute atomic E-state index is 12.5. The number of benzene rings is 2. The average molecular weight is 390 g/mol. The van der Waals surface area contributed by atoms with Crippen molar-refractivity contribution in [2.45, 2.75) is 6.04 Å². The number of halogens is 1. The van der Waals surface area contributed by atoms with Crippen LogP contribution in [0.1, 0.15) is 22.0 Å². The fourth-order valence-corrected chi connectivity index (χ4v) is 4.35. The Labute approximate surface area is 156 Å². The van der Waals surface area contributed by atoms with Gasteiger partial charge in [0.05, 0.1) is 6.04 Å². The van der Waals surface area contributed by atoms with Crippen LogP contribution in [0, 0.1) is 0 Å². The van der Waals surface area contributed by atoms with E-state index >= 15 is 0 Å². The molecule has 0 aliphatic heterocycles. The molecule has 0 aliphatic carbocycles. The van der Waals surface area contributed by atoms with Crippen LogP contribution < -0.4 is 4.72 Å². The van der Waals surface area contributed by atoms with E-state index in [1.807, 2.05) is 47.8 Å². The van der Waals surface area contributed by atoms with E-state index in [1.165, 1.54) is 16.7 Å². The SMILES string of the molecule is O=S(=O)(/C=C/c1ccc(Cl)cc1)N[C@H](c1ccccc1)c1cccs1. The van der Waals surface area contributed by atoms with Gasteiger partial charge in [-0.05, 0) is 40.8 Å². The van der Waals surface area contributed by atoms with Crippen LogP contribution >= 0.6 is 22.9 Å². The largest absolute Gasteiger partial charge is 0.234 e. The fraction of sp³-hybridized carbons (Fsp3) is 0.0526. The highest BCUT2D eigenvalue weighted by molar-refractivity contribution is 7.92. The molecular formula is C19H16ClNO2S2. The Hall–Kier alpha value is -1.92. The minimum absolute atomic E-state index is 0.416. The molecular weight excluding hydrogens is 374 g/mol. The second kappa shape index (κ2) is 7.97. The summed E-state index contributed by atoms with van der Waals surface area (Å²) >= 11 is 7.36. The predicted molar refractivity (Wildman–Crippen MR) is 105 cm³/mol. The number of hydrogen-bond acceptors (Lipinski definition) is 3. The Morgan fingerprint density at radius 2 is 1.68 bits per heavy atom. The molecule has 0 spiro atoms. The van der Waals surface area contributed by atoms with Crippen molar-refractivity contribution >= 4 is 39.0 Å². The molecule has 3 aromatic rings. The van der Waals surface area contributed by atoms with Crippen LogP contribution in [0.15, 0.2) is 77.5 Å². The highest BCUT2D eigenvalue weighted by atomic mass is 35.5. The lowest BCUT2D eigenvalue weighted by Crippen LogP contribution is -2.27. The number of hydrogen-bond donors (Lipinski definition) is 1. The van der Waals surface area contributed by atoms with Crippen molar-refractivity contribution in [1.29, 1.82) is 0 Å². The van der Waals surface area contributed by atoms with Crippen molar-refractivity contribution in [1.82, 2.24) is 4.72 Å². The summed E-state index contributed by atoms with van der Waals surface area (Å²) in [5.41, 5.74) is 1.66. The van der Waals surface area contributed by atoms with Gasteiger partial charge in [0.1, 0.15) is 0 Å². The number of sulfonamides is 1. The Morgan fingerprint density at radius 1 is 0.960 bits per heavy atom. The van der Waals surface area contributed by atoms with Gasteiger partial charge in [-0.15, -0.1) is 11.3 Å². The Balaban J connectivity index is 1.84. The summed E-state index contributed by atoms with van der Waals surface area (Å²) in [5, 5.41) is 3.73. The van der Waals surface area contributed by atoms with Crippen LogP contribution in [-0.4, -0.2) is 8.42 Å². The lowest BCUT2D eigenvalue weighted by atomic mass is 10.1. The summed E-state index contributed by atoms with van der Waals surface area (Å²) in [4.78, 5) is 0.940. The summed E-state index contributed by atoms with van der Waals surface area (Å²) in [5.74, 6) is 0. The van der Waals surface area contributed by atoms with Gasteiger partial charge in [0, 0.05) is 15.3 Å². The zero-order valence-electron chi connectivity index (χ0n) is 13.2. The van der Waals surface area contributed by atoms with Crippen LogP contribution in [0.2, 0.25) is 5.02 Å². The van der Waals surface area contributed by atoms with Crippen molar-refractivity contribution in [3.8, 4) is 0 Å².